The van der Waals surface area contributed by atoms with E-state index in [9.17, 15) is 9.90 Å². The molecular weight excluding hydrogens is 316 g/mol. The lowest BCUT2D eigenvalue weighted by Gasteiger charge is -2.29. The van der Waals surface area contributed by atoms with Crippen LogP contribution in [0.15, 0.2) is 54.9 Å². The lowest BCUT2D eigenvalue weighted by Crippen LogP contribution is -2.42. The summed E-state index contributed by atoms with van der Waals surface area (Å²) in [6, 6.07) is 11.1. The molecule has 1 unspecified atom stereocenters. The van der Waals surface area contributed by atoms with E-state index in [0.29, 0.717) is 18.8 Å². The maximum absolute atomic E-state index is 12.6. The molecule has 0 saturated heterocycles. The van der Waals surface area contributed by atoms with Gasteiger partial charge in [-0.1, -0.05) is 24.3 Å². The van der Waals surface area contributed by atoms with Crippen LogP contribution >= 0.6 is 0 Å². The van der Waals surface area contributed by atoms with Crippen molar-refractivity contribution in [2.75, 3.05) is 13.1 Å². The van der Waals surface area contributed by atoms with E-state index in [1.165, 1.54) is 5.57 Å². The number of aliphatic hydroxyl groups is 1. The average Bonchev–Trinajstić information content (AvgIpc) is 2.68. The van der Waals surface area contributed by atoms with Gasteiger partial charge in [0, 0.05) is 25.5 Å². The monoisotopic (exact) mass is 338 g/mol. The van der Waals surface area contributed by atoms with Crippen molar-refractivity contribution in [2.24, 2.45) is 0 Å². The first-order valence-electron chi connectivity index (χ1n) is 8.42. The smallest absolute Gasteiger partial charge is 0.263 e. The fraction of sp³-hybridized carbons (Fsp3) is 0.300. The minimum atomic E-state index is -0.567. The number of carbonyl (C=O) groups excluding carboxylic acids is 1. The summed E-state index contributed by atoms with van der Waals surface area (Å²) in [5, 5.41) is 9.19. The molecule has 2 aromatic rings. The second-order valence-corrected chi connectivity index (χ2v) is 6.07. The molecule has 1 aromatic heterocycles. The van der Waals surface area contributed by atoms with Crippen molar-refractivity contribution in [3.05, 3.63) is 66.0 Å². The van der Waals surface area contributed by atoms with E-state index in [1.54, 1.807) is 30.2 Å². The molecule has 5 heteroatoms. The largest absolute Gasteiger partial charge is 0.481 e. The van der Waals surface area contributed by atoms with Crippen LogP contribution in [0.4, 0.5) is 0 Å². The Bertz CT molecular complexity index is 759. The molecule has 1 amide bonds. The van der Waals surface area contributed by atoms with Gasteiger partial charge in [-0.3, -0.25) is 9.78 Å². The summed E-state index contributed by atoms with van der Waals surface area (Å²) in [6.45, 7) is 2.96. The summed E-state index contributed by atoms with van der Waals surface area (Å²) in [6.07, 6.45) is 5.93. The molecule has 0 aliphatic carbocycles. The third-order valence-electron chi connectivity index (χ3n) is 4.29. The van der Waals surface area contributed by atoms with E-state index in [1.807, 2.05) is 30.5 Å². The van der Waals surface area contributed by atoms with Crippen molar-refractivity contribution < 1.29 is 14.6 Å². The molecule has 1 atom stereocenters. The van der Waals surface area contributed by atoms with Gasteiger partial charge in [0.05, 0.1) is 6.61 Å². The molecule has 0 saturated carbocycles. The van der Waals surface area contributed by atoms with Gasteiger partial charge >= 0.3 is 0 Å². The topological polar surface area (TPSA) is 62.7 Å². The standard InChI is InChI=1S/C20H22N2O3/c1-15(25-19-6-2-4-16(12-19)14-23)20(24)22-10-7-17(8-11-22)18-5-3-9-21-13-18/h2-7,9,12-13,15,23H,8,10-11,14H2,1H3. The second-order valence-electron chi connectivity index (χ2n) is 6.07. The number of rotatable bonds is 5. The Balaban J connectivity index is 1.61. The fourth-order valence-corrected chi connectivity index (χ4v) is 2.91. The highest BCUT2D eigenvalue weighted by Gasteiger charge is 2.24. The van der Waals surface area contributed by atoms with Gasteiger partial charge in [0.25, 0.3) is 5.91 Å². The maximum atomic E-state index is 12.6. The van der Waals surface area contributed by atoms with Crippen molar-refractivity contribution in [1.82, 2.24) is 9.88 Å². The highest BCUT2D eigenvalue weighted by atomic mass is 16.5. The predicted molar refractivity (Wildman–Crippen MR) is 95.9 cm³/mol. The Morgan fingerprint density at radius 3 is 2.92 bits per heavy atom. The zero-order valence-corrected chi connectivity index (χ0v) is 14.3. The molecule has 0 radical (unpaired) electrons. The number of aromatic nitrogens is 1. The van der Waals surface area contributed by atoms with E-state index in [0.717, 1.165) is 17.5 Å². The van der Waals surface area contributed by atoms with Crippen molar-refractivity contribution in [3.63, 3.8) is 0 Å². The third-order valence-corrected chi connectivity index (χ3v) is 4.29. The quantitative estimate of drug-likeness (QED) is 0.910. The second kappa shape index (κ2) is 7.94. The molecule has 5 nitrogen and oxygen atoms in total. The van der Waals surface area contributed by atoms with E-state index in [4.69, 9.17) is 4.74 Å². The Kier molecular flexibility index (Phi) is 5.46. The zero-order chi connectivity index (χ0) is 17.6. The van der Waals surface area contributed by atoms with Crippen LogP contribution in [0.3, 0.4) is 0 Å². The van der Waals surface area contributed by atoms with E-state index in [2.05, 4.69) is 11.1 Å². The number of carbonyl (C=O) groups is 1. The zero-order valence-electron chi connectivity index (χ0n) is 14.3. The first-order chi connectivity index (χ1) is 12.2. The number of aliphatic hydroxyl groups excluding tert-OH is 1. The van der Waals surface area contributed by atoms with Crippen LogP contribution in [0.1, 0.15) is 24.5 Å². The number of nitrogens with zero attached hydrogens (tertiary/aromatic N) is 2. The van der Waals surface area contributed by atoms with Gasteiger partial charge in [-0.2, -0.15) is 0 Å². The normalized spacial score (nSPS) is 15.4. The molecule has 1 N–H and O–H groups in total. The van der Waals surface area contributed by atoms with Gasteiger partial charge in [-0.15, -0.1) is 0 Å². The Labute approximate surface area is 147 Å². The van der Waals surface area contributed by atoms with Gasteiger partial charge < -0.3 is 14.7 Å². The number of hydrogen-bond donors (Lipinski definition) is 1. The number of amides is 1. The minimum Gasteiger partial charge on any atom is -0.481 e. The van der Waals surface area contributed by atoms with Crippen LogP contribution in [-0.2, 0) is 11.4 Å². The Morgan fingerprint density at radius 1 is 1.36 bits per heavy atom. The molecule has 0 bridgehead atoms. The molecular formula is C20H22N2O3. The molecule has 0 spiro atoms. The number of pyridine rings is 1. The molecule has 2 heterocycles. The van der Waals surface area contributed by atoms with Crippen LogP contribution in [0, 0.1) is 0 Å². The van der Waals surface area contributed by atoms with Crippen molar-refractivity contribution in [3.8, 4) is 5.75 Å². The Hall–Kier alpha value is -2.66. The summed E-state index contributed by atoms with van der Waals surface area (Å²) < 4.78 is 5.75. The molecule has 1 aliphatic rings. The summed E-state index contributed by atoms with van der Waals surface area (Å²) in [7, 11) is 0. The molecule has 1 aromatic carbocycles. The number of hydrogen-bond acceptors (Lipinski definition) is 4. The van der Waals surface area contributed by atoms with Crippen LogP contribution in [-0.4, -0.2) is 40.1 Å². The minimum absolute atomic E-state index is 0.0316. The average molecular weight is 338 g/mol. The molecule has 130 valence electrons. The van der Waals surface area contributed by atoms with Crippen LogP contribution in [0.25, 0.3) is 5.57 Å². The number of ether oxygens (including phenoxy) is 1. The SMILES string of the molecule is CC(Oc1cccc(CO)c1)C(=O)N1CC=C(c2cccnc2)CC1. The van der Waals surface area contributed by atoms with Crippen LogP contribution < -0.4 is 4.74 Å². The lowest BCUT2D eigenvalue weighted by atomic mass is 10.0. The summed E-state index contributed by atoms with van der Waals surface area (Å²) in [5.74, 6) is 0.562. The van der Waals surface area contributed by atoms with Gasteiger partial charge in [-0.25, -0.2) is 0 Å². The highest BCUT2D eigenvalue weighted by Crippen LogP contribution is 2.22. The number of benzene rings is 1. The summed E-state index contributed by atoms with van der Waals surface area (Å²) >= 11 is 0. The van der Waals surface area contributed by atoms with Gasteiger partial charge in [0.15, 0.2) is 6.10 Å². The first-order valence-corrected chi connectivity index (χ1v) is 8.42. The van der Waals surface area contributed by atoms with E-state index >= 15 is 0 Å². The molecule has 0 fully saturated rings. The lowest BCUT2D eigenvalue weighted by molar-refractivity contribution is -0.137. The molecule has 1 aliphatic heterocycles. The van der Waals surface area contributed by atoms with E-state index in [-0.39, 0.29) is 12.5 Å². The Morgan fingerprint density at radius 2 is 2.24 bits per heavy atom. The fourth-order valence-electron chi connectivity index (χ4n) is 2.91. The van der Waals surface area contributed by atoms with Gasteiger partial charge in [0.2, 0.25) is 0 Å². The van der Waals surface area contributed by atoms with Crippen LogP contribution in [0.5, 0.6) is 5.75 Å². The summed E-state index contributed by atoms with van der Waals surface area (Å²) in [5.41, 5.74) is 3.10. The summed E-state index contributed by atoms with van der Waals surface area (Å²) in [4.78, 5) is 18.6. The van der Waals surface area contributed by atoms with Crippen molar-refractivity contribution >= 4 is 11.5 Å². The maximum Gasteiger partial charge on any atom is 0.263 e. The molecule has 3 rings (SSSR count). The third kappa shape index (κ3) is 4.25. The van der Waals surface area contributed by atoms with Gasteiger partial charge in [-0.05, 0) is 48.2 Å². The van der Waals surface area contributed by atoms with Gasteiger partial charge in [0.1, 0.15) is 5.75 Å². The molecule has 25 heavy (non-hydrogen) atoms. The van der Waals surface area contributed by atoms with Crippen molar-refractivity contribution in [2.45, 2.75) is 26.1 Å². The van der Waals surface area contributed by atoms with Crippen LogP contribution in [0.2, 0.25) is 0 Å². The van der Waals surface area contributed by atoms with Crippen molar-refractivity contribution in [1.29, 1.82) is 0 Å². The van der Waals surface area contributed by atoms with E-state index < -0.39 is 6.10 Å². The first kappa shape index (κ1) is 17.2. The highest BCUT2D eigenvalue weighted by molar-refractivity contribution is 5.82. The predicted octanol–water partition coefficient (Wildman–Crippen LogP) is 2.66.